The van der Waals surface area contributed by atoms with E-state index in [1.165, 1.54) is 6.08 Å². The third-order valence-electron chi connectivity index (χ3n) is 3.14. The Labute approximate surface area is 139 Å². The predicted octanol–water partition coefficient (Wildman–Crippen LogP) is 2.45. The molecule has 0 unspecified atom stereocenters. The monoisotopic (exact) mass is 326 g/mol. The van der Waals surface area contributed by atoms with Gasteiger partial charge < -0.3 is 15.2 Å². The van der Waals surface area contributed by atoms with Gasteiger partial charge in [-0.15, -0.1) is 0 Å². The second kappa shape index (κ2) is 8.38. The SMILES string of the molecule is COc1ccc(/C=C(\NC(=O)OCc2ccccc2)C(N)=O)cc1. The molecule has 0 saturated heterocycles. The van der Waals surface area contributed by atoms with Crippen LogP contribution in [-0.2, 0) is 16.1 Å². The summed E-state index contributed by atoms with van der Waals surface area (Å²) in [6.07, 6.45) is 0.711. The van der Waals surface area contributed by atoms with Gasteiger partial charge in [-0.2, -0.15) is 0 Å². The van der Waals surface area contributed by atoms with Crippen molar-refractivity contribution in [1.82, 2.24) is 5.32 Å². The van der Waals surface area contributed by atoms with Crippen LogP contribution in [0.4, 0.5) is 4.79 Å². The molecule has 2 aromatic carbocycles. The number of hydrogen-bond acceptors (Lipinski definition) is 4. The zero-order valence-corrected chi connectivity index (χ0v) is 13.2. The molecule has 0 fully saturated rings. The molecule has 2 aromatic rings. The topological polar surface area (TPSA) is 90.7 Å². The Morgan fingerprint density at radius 1 is 1.08 bits per heavy atom. The Morgan fingerprint density at radius 3 is 2.33 bits per heavy atom. The van der Waals surface area contributed by atoms with Gasteiger partial charge in [-0.05, 0) is 29.3 Å². The molecular weight excluding hydrogens is 308 g/mol. The molecular formula is C18H18N2O4. The number of hydrogen-bond donors (Lipinski definition) is 2. The van der Waals surface area contributed by atoms with Crippen LogP contribution in [0.25, 0.3) is 6.08 Å². The van der Waals surface area contributed by atoms with Crippen LogP contribution in [-0.4, -0.2) is 19.1 Å². The molecule has 6 heteroatoms. The Kier molecular flexibility index (Phi) is 5.96. The van der Waals surface area contributed by atoms with E-state index in [2.05, 4.69) is 5.32 Å². The van der Waals surface area contributed by atoms with Gasteiger partial charge in [-0.3, -0.25) is 10.1 Å². The van der Waals surface area contributed by atoms with Crippen molar-refractivity contribution in [1.29, 1.82) is 0 Å². The number of carbonyl (C=O) groups excluding carboxylic acids is 2. The molecule has 6 nitrogen and oxygen atoms in total. The first kappa shape index (κ1) is 17.1. The molecule has 0 atom stereocenters. The van der Waals surface area contributed by atoms with Gasteiger partial charge in [0.05, 0.1) is 7.11 Å². The third kappa shape index (κ3) is 5.17. The Morgan fingerprint density at radius 2 is 1.75 bits per heavy atom. The highest BCUT2D eigenvalue weighted by atomic mass is 16.5. The maximum absolute atomic E-state index is 11.8. The molecule has 0 heterocycles. The van der Waals surface area contributed by atoms with Crippen LogP contribution < -0.4 is 15.8 Å². The summed E-state index contributed by atoms with van der Waals surface area (Å²) in [5.74, 6) is -0.0783. The van der Waals surface area contributed by atoms with Crippen molar-refractivity contribution >= 4 is 18.1 Å². The van der Waals surface area contributed by atoms with E-state index in [1.54, 1.807) is 31.4 Å². The van der Waals surface area contributed by atoms with Gasteiger partial charge in [0.15, 0.2) is 0 Å². The minimum absolute atomic E-state index is 0.0572. The number of nitrogens with one attached hydrogen (secondary N) is 1. The van der Waals surface area contributed by atoms with Crippen LogP contribution in [0, 0.1) is 0 Å². The molecule has 0 aliphatic rings. The molecule has 2 rings (SSSR count). The zero-order chi connectivity index (χ0) is 17.4. The molecule has 0 saturated carbocycles. The standard InChI is InChI=1S/C18H18N2O4/c1-23-15-9-7-13(8-10-15)11-16(17(19)21)20-18(22)24-12-14-5-3-2-4-6-14/h2-11H,12H2,1H3,(H2,19,21)(H,20,22)/b16-11-. The van der Waals surface area contributed by atoms with E-state index in [9.17, 15) is 9.59 Å². The van der Waals surface area contributed by atoms with E-state index < -0.39 is 12.0 Å². The molecule has 0 aromatic heterocycles. The average molecular weight is 326 g/mol. The zero-order valence-electron chi connectivity index (χ0n) is 13.2. The van der Waals surface area contributed by atoms with Gasteiger partial charge in [0.2, 0.25) is 0 Å². The summed E-state index contributed by atoms with van der Waals surface area (Å²) in [5, 5.41) is 2.36. The lowest BCUT2D eigenvalue weighted by Crippen LogP contribution is -2.31. The summed E-state index contributed by atoms with van der Waals surface area (Å²) in [7, 11) is 1.56. The molecule has 3 N–H and O–H groups in total. The summed E-state index contributed by atoms with van der Waals surface area (Å²) in [4.78, 5) is 23.3. The van der Waals surface area contributed by atoms with Gasteiger partial charge in [-0.25, -0.2) is 4.79 Å². The van der Waals surface area contributed by atoms with Crippen molar-refractivity contribution in [3.8, 4) is 5.75 Å². The minimum atomic E-state index is -0.762. The first-order chi connectivity index (χ1) is 11.6. The van der Waals surface area contributed by atoms with Crippen LogP contribution >= 0.6 is 0 Å². The lowest BCUT2D eigenvalue weighted by atomic mass is 10.2. The number of methoxy groups -OCH3 is 1. The predicted molar refractivity (Wildman–Crippen MR) is 89.9 cm³/mol. The molecule has 2 amide bonds. The van der Waals surface area contributed by atoms with E-state index >= 15 is 0 Å². The van der Waals surface area contributed by atoms with Crippen LogP contribution in [0.15, 0.2) is 60.3 Å². The third-order valence-corrected chi connectivity index (χ3v) is 3.14. The van der Waals surface area contributed by atoms with Crippen LogP contribution in [0.2, 0.25) is 0 Å². The number of primary amides is 1. The second-order valence-electron chi connectivity index (χ2n) is 4.88. The van der Waals surface area contributed by atoms with Crippen LogP contribution in [0.1, 0.15) is 11.1 Å². The summed E-state index contributed by atoms with van der Waals surface area (Å²) in [6.45, 7) is 0.0985. The number of amides is 2. The number of rotatable bonds is 6. The van der Waals surface area contributed by atoms with Crippen molar-refractivity contribution in [2.75, 3.05) is 7.11 Å². The Bertz CT molecular complexity index is 724. The summed E-state index contributed by atoms with van der Waals surface area (Å²) in [5.41, 5.74) is 6.76. The van der Waals surface area contributed by atoms with Crippen LogP contribution in [0.5, 0.6) is 5.75 Å². The smallest absolute Gasteiger partial charge is 0.412 e. The Balaban J connectivity index is 2.00. The van der Waals surface area contributed by atoms with Crippen LogP contribution in [0.3, 0.4) is 0 Å². The van der Waals surface area contributed by atoms with E-state index in [4.69, 9.17) is 15.2 Å². The van der Waals surface area contributed by atoms with E-state index in [0.29, 0.717) is 11.3 Å². The summed E-state index contributed by atoms with van der Waals surface area (Å²) in [6, 6.07) is 16.1. The first-order valence-corrected chi connectivity index (χ1v) is 7.22. The quantitative estimate of drug-likeness (QED) is 0.798. The van der Waals surface area contributed by atoms with Crippen molar-refractivity contribution in [2.45, 2.75) is 6.61 Å². The van der Waals surface area contributed by atoms with Gasteiger partial charge in [-0.1, -0.05) is 42.5 Å². The van der Waals surface area contributed by atoms with Gasteiger partial charge >= 0.3 is 6.09 Å². The number of carbonyl (C=O) groups is 2. The molecule has 0 aliphatic carbocycles. The highest BCUT2D eigenvalue weighted by molar-refractivity contribution is 5.99. The van der Waals surface area contributed by atoms with E-state index in [-0.39, 0.29) is 12.3 Å². The van der Waals surface area contributed by atoms with Crippen molar-refractivity contribution in [2.24, 2.45) is 5.73 Å². The highest BCUT2D eigenvalue weighted by Gasteiger charge is 2.11. The van der Waals surface area contributed by atoms with Gasteiger partial charge in [0.1, 0.15) is 18.1 Å². The number of alkyl carbamates (subject to hydrolysis) is 1. The van der Waals surface area contributed by atoms with Gasteiger partial charge in [0, 0.05) is 0 Å². The Hall–Kier alpha value is -3.28. The highest BCUT2D eigenvalue weighted by Crippen LogP contribution is 2.13. The van der Waals surface area contributed by atoms with E-state index in [0.717, 1.165) is 5.56 Å². The lowest BCUT2D eigenvalue weighted by molar-refractivity contribution is -0.114. The number of nitrogens with two attached hydrogens (primary N) is 1. The second-order valence-corrected chi connectivity index (χ2v) is 4.88. The lowest BCUT2D eigenvalue weighted by Gasteiger charge is -2.08. The fourth-order valence-corrected chi connectivity index (χ4v) is 1.90. The summed E-state index contributed by atoms with van der Waals surface area (Å²) >= 11 is 0. The fourth-order valence-electron chi connectivity index (χ4n) is 1.90. The molecule has 124 valence electrons. The first-order valence-electron chi connectivity index (χ1n) is 7.22. The van der Waals surface area contributed by atoms with E-state index in [1.807, 2.05) is 30.3 Å². The molecule has 0 bridgehead atoms. The molecule has 0 spiro atoms. The van der Waals surface area contributed by atoms with Gasteiger partial charge in [0.25, 0.3) is 5.91 Å². The number of benzene rings is 2. The normalized spacial score (nSPS) is 10.8. The largest absolute Gasteiger partial charge is 0.497 e. The summed E-state index contributed by atoms with van der Waals surface area (Å²) < 4.78 is 10.1. The van der Waals surface area contributed by atoms with Crippen molar-refractivity contribution < 1.29 is 19.1 Å². The maximum atomic E-state index is 11.8. The molecule has 0 radical (unpaired) electrons. The molecule has 0 aliphatic heterocycles. The van der Waals surface area contributed by atoms with Crippen molar-refractivity contribution in [3.05, 3.63) is 71.4 Å². The van der Waals surface area contributed by atoms with Crippen molar-refractivity contribution in [3.63, 3.8) is 0 Å². The fraction of sp³-hybridized carbons (Fsp3) is 0.111. The molecule has 24 heavy (non-hydrogen) atoms. The number of ether oxygens (including phenoxy) is 2. The maximum Gasteiger partial charge on any atom is 0.412 e. The minimum Gasteiger partial charge on any atom is -0.497 e. The average Bonchev–Trinajstić information content (AvgIpc) is 2.61.